The van der Waals surface area contributed by atoms with E-state index in [9.17, 15) is 9.59 Å². The average Bonchev–Trinajstić information content (AvgIpc) is 2.46. The lowest BCUT2D eigenvalue weighted by atomic mass is 9.81. The van der Waals surface area contributed by atoms with Crippen molar-refractivity contribution in [3.05, 3.63) is 24.0 Å². The van der Waals surface area contributed by atoms with E-state index in [2.05, 4.69) is 15.5 Å². The Kier molecular flexibility index (Phi) is 4.43. The first-order valence-corrected chi connectivity index (χ1v) is 6.44. The maximum atomic E-state index is 12.0. The van der Waals surface area contributed by atoms with Crippen LogP contribution in [0.4, 0.5) is 0 Å². The van der Waals surface area contributed by atoms with E-state index in [1.807, 2.05) is 0 Å². The van der Waals surface area contributed by atoms with Gasteiger partial charge in [0.05, 0.1) is 18.2 Å². The Bertz CT molecular complexity index is 450. The number of nitrogens with zero attached hydrogens (tertiary/aromatic N) is 2. The van der Waals surface area contributed by atoms with Crippen LogP contribution in [0.5, 0.6) is 0 Å². The molecule has 1 amide bonds. The number of hydrogen-bond donors (Lipinski definition) is 2. The predicted molar refractivity (Wildman–Crippen MR) is 67.0 cm³/mol. The number of carbonyl (C=O) groups excluding carboxylic acids is 1. The zero-order valence-electron chi connectivity index (χ0n) is 10.6. The second-order valence-electron chi connectivity index (χ2n) is 4.83. The number of carboxylic acids is 1. The first kappa shape index (κ1) is 13.5. The van der Waals surface area contributed by atoms with E-state index in [1.54, 1.807) is 18.3 Å². The molecule has 1 aromatic heterocycles. The van der Waals surface area contributed by atoms with Crippen LogP contribution < -0.4 is 5.32 Å². The first-order valence-electron chi connectivity index (χ1n) is 6.44. The maximum Gasteiger partial charge on any atom is 0.306 e. The summed E-state index contributed by atoms with van der Waals surface area (Å²) in [5.74, 6) is -1.48. The molecule has 1 saturated carbocycles. The monoisotopic (exact) mass is 263 g/mol. The van der Waals surface area contributed by atoms with E-state index in [0.717, 1.165) is 12.8 Å². The van der Waals surface area contributed by atoms with Gasteiger partial charge in [-0.2, -0.15) is 10.2 Å². The highest BCUT2D eigenvalue weighted by Gasteiger charge is 2.30. The van der Waals surface area contributed by atoms with Crippen LogP contribution >= 0.6 is 0 Å². The van der Waals surface area contributed by atoms with Crippen LogP contribution in [0.2, 0.25) is 0 Å². The number of aromatic nitrogens is 2. The van der Waals surface area contributed by atoms with E-state index in [1.165, 1.54) is 0 Å². The van der Waals surface area contributed by atoms with Crippen LogP contribution in [0.25, 0.3) is 0 Å². The molecule has 0 aromatic carbocycles. The third-order valence-corrected chi connectivity index (χ3v) is 3.47. The number of amides is 1. The minimum absolute atomic E-state index is 0.0865. The zero-order chi connectivity index (χ0) is 13.7. The van der Waals surface area contributed by atoms with Gasteiger partial charge >= 0.3 is 5.97 Å². The fourth-order valence-corrected chi connectivity index (χ4v) is 2.40. The minimum Gasteiger partial charge on any atom is -0.481 e. The molecule has 1 fully saturated rings. The summed E-state index contributed by atoms with van der Waals surface area (Å²) in [6.07, 6.45) is 4.23. The summed E-state index contributed by atoms with van der Waals surface area (Å²) < 4.78 is 0. The van der Waals surface area contributed by atoms with Gasteiger partial charge in [0.2, 0.25) is 5.91 Å². The number of carboxylic acid groups (broad SMARTS) is 1. The molecule has 1 aromatic rings. The number of hydrogen-bond acceptors (Lipinski definition) is 4. The van der Waals surface area contributed by atoms with Gasteiger partial charge in [-0.1, -0.05) is 6.42 Å². The standard InChI is InChI=1S/C13H17N3O3/c17-12(14-8-11-5-2-6-15-16-11)9-3-1-4-10(7-9)13(18)19/h2,5-6,9-10H,1,3-4,7-8H2,(H,14,17)(H,18,19). The number of carbonyl (C=O) groups is 2. The molecule has 102 valence electrons. The molecule has 19 heavy (non-hydrogen) atoms. The Morgan fingerprint density at radius 3 is 2.84 bits per heavy atom. The predicted octanol–water partition coefficient (Wildman–Crippen LogP) is 0.984. The fourth-order valence-electron chi connectivity index (χ4n) is 2.40. The van der Waals surface area contributed by atoms with Crippen molar-refractivity contribution < 1.29 is 14.7 Å². The van der Waals surface area contributed by atoms with Crippen LogP contribution in [0.15, 0.2) is 18.3 Å². The van der Waals surface area contributed by atoms with Crippen LogP contribution in [-0.4, -0.2) is 27.2 Å². The molecule has 2 N–H and O–H groups in total. The van der Waals surface area contributed by atoms with Crippen molar-refractivity contribution in [3.63, 3.8) is 0 Å². The topological polar surface area (TPSA) is 92.2 Å². The molecule has 2 atom stereocenters. The molecule has 1 aliphatic rings. The van der Waals surface area contributed by atoms with Crippen LogP contribution in [0.3, 0.4) is 0 Å². The SMILES string of the molecule is O=C(O)C1CCCC(C(=O)NCc2cccnn2)C1. The lowest BCUT2D eigenvalue weighted by molar-refractivity contribution is -0.144. The first-order chi connectivity index (χ1) is 9.16. The van der Waals surface area contributed by atoms with Gasteiger partial charge in [0.1, 0.15) is 0 Å². The quantitative estimate of drug-likeness (QED) is 0.845. The van der Waals surface area contributed by atoms with Gasteiger partial charge in [0.15, 0.2) is 0 Å². The summed E-state index contributed by atoms with van der Waals surface area (Å²) in [5.41, 5.74) is 0.696. The molecule has 0 aliphatic heterocycles. The molecule has 6 heteroatoms. The van der Waals surface area contributed by atoms with E-state index in [-0.39, 0.29) is 17.7 Å². The molecule has 1 aliphatic carbocycles. The van der Waals surface area contributed by atoms with Gasteiger partial charge in [-0.05, 0) is 31.4 Å². The van der Waals surface area contributed by atoms with Crippen molar-refractivity contribution in [2.24, 2.45) is 11.8 Å². The molecule has 1 heterocycles. The van der Waals surface area contributed by atoms with Gasteiger partial charge in [-0.3, -0.25) is 9.59 Å². The van der Waals surface area contributed by atoms with Crippen molar-refractivity contribution in [1.82, 2.24) is 15.5 Å². The lowest BCUT2D eigenvalue weighted by Crippen LogP contribution is -2.35. The van der Waals surface area contributed by atoms with Crippen molar-refractivity contribution in [1.29, 1.82) is 0 Å². The van der Waals surface area contributed by atoms with E-state index in [0.29, 0.717) is 25.1 Å². The maximum absolute atomic E-state index is 12.0. The Balaban J connectivity index is 1.84. The smallest absolute Gasteiger partial charge is 0.306 e. The zero-order valence-corrected chi connectivity index (χ0v) is 10.6. The van der Waals surface area contributed by atoms with Crippen LogP contribution in [-0.2, 0) is 16.1 Å². The van der Waals surface area contributed by atoms with Crippen LogP contribution in [0.1, 0.15) is 31.4 Å². The third-order valence-electron chi connectivity index (χ3n) is 3.47. The van der Waals surface area contributed by atoms with Gasteiger partial charge in [0.25, 0.3) is 0 Å². The normalized spacial score (nSPS) is 22.7. The van der Waals surface area contributed by atoms with Crippen molar-refractivity contribution in [2.75, 3.05) is 0 Å². The summed E-state index contributed by atoms with van der Waals surface area (Å²) in [7, 11) is 0. The molecule has 2 rings (SSSR count). The third kappa shape index (κ3) is 3.74. The molecule has 0 saturated heterocycles. The van der Waals surface area contributed by atoms with E-state index >= 15 is 0 Å². The molecule has 6 nitrogen and oxygen atoms in total. The number of rotatable bonds is 4. The lowest BCUT2D eigenvalue weighted by Gasteiger charge is -2.25. The summed E-state index contributed by atoms with van der Waals surface area (Å²) in [6.45, 7) is 0.334. The highest BCUT2D eigenvalue weighted by Crippen LogP contribution is 2.29. The fraction of sp³-hybridized carbons (Fsp3) is 0.538. The van der Waals surface area contributed by atoms with Gasteiger partial charge < -0.3 is 10.4 Å². The highest BCUT2D eigenvalue weighted by molar-refractivity contribution is 5.80. The Hall–Kier alpha value is -1.98. The summed E-state index contributed by atoms with van der Waals surface area (Å²) >= 11 is 0. The van der Waals surface area contributed by atoms with Gasteiger partial charge in [-0.15, -0.1) is 0 Å². The molecular weight excluding hydrogens is 246 g/mol. The largest absolute Gasteiger partial charge is 0.481 e. The summed E-state index contributed by atoms with van der Waals surface area (Å²) in [5, 5.41) is 19.4. The summed E-state index contributed by atoms with van der Waals surface area (Å²) in [4.78, 5) is 22.9. The molecule has 2 unspecified atom stereocenters. The molecular formula is C13H17N3O3. The van der Waals surface area contributed by atoms with Gasteiger partial charge in [0, 0.05) is 12.1 Å². The van der Waals surface area contributed by atoms with Crippen LogP contribution in [0, 0.1) is 11.8 Å². The minimum atomic E-state index is -0.800. The Morgan fingerprint density at radius 2 is 2.16 bits per heavy atom. The van der Waals surface area contributed by atoms with Crippen molar-refractivity contribution >= 4 is 11.9 Å². The Morgan fingerprint density at radius 1 is 1.37 bits per heavy atom. The number of nitrogens with one attached hydrogen (secondary N) is 1. The average molecular weight is 263 g/mol. The van der Waals surface area contributed by atoms with Crippen molar-refractivity contribution in [3.8, 4) is 0 Å². The molecule has 0 radical (unpaired) electrons. The second-order valence-corrected chi connectivity index (χ2v) is 4.83. The molecule has 0 spiro atoms. The Labute approximate surface area is 111 Å². The summed E-state index contributed by atoms with van der Waals surface area (Å²) in [6, 6.07) is 3.55. The van der Waals surface area contributed by atoms with Gasteiger partial charge in [-0.25, -0.2) is 0 Å². The van der Waals surface area contributed by atoms with E-state index < -0.39 is 5.97 Å². The highest BCUT2D eigenvalue weighted by atomic mass is 16.4. The van der Waals surface area contributed by atoms with E-state index in [4.69, 9.17) is 5.11 Å². The molecule has 0 bridgehead atoms. The number of aliphatic carboxylic acids is 1. The van der Waals surface area contributed by atoms with Crippen molar-refractivity contribution in [2.45, 2.75) is 32.2 Å². The second kappa shape index (κ2) is 6.26.